The Morgan fingerprint density at radius 1 is 1.11 bits per heavy atom. The number of hydrogen-bond acceptors (Lipinski definition) is 6. The van der Waals surface area contributed by atoms with Gasteiger partial charge in [-0.15, -0.1) is 0 Å². The molecule has 0 bridgehead atoms. The first-order valence-electron chi connectivity index (χ1n) is 10.8. The molecule has 0 radical (unpaired) electrons. The van der Waals surface area contributed by atoms with E-state index in [1.807, 2.05) is 0 Å². The van der Waals surface area contributed by atoms with Crippen LogP contribution in [-0.4, -0.2) is 30.2 Å². The molecule has 4 rings (SSSR count). The molecule has 1 aromatic heterocycles. The predicted octanol–water partition coefficient (Wildman–Crippen LogP) is 6.35. The second-order valence-electron chi connectivity index (χ2n) is 7.89. The van der Waals surface area contributed by atoms with Gasteiger partial charge in [0.1, 0.15) is 11.4 Å². The van der Waals surface area contributed by atoms with Gasteiger partial charge >= 0.3 is 6.18 Å². The summed E-state index contributed by atoms with van der Waals surface area (Å²) < 4.78 is 83.9. The van der Waals surface area contributed by atoms with Crippen molar-refractivity contribution in [2.24, 2.45) is 0 Å². The summed E-state index contributed by atoms with van der Waals surface area (Å²) in [6.45, 7) is -1.59. The number of fused-ring (bicyclic) bond motifs is 1. The molecule has 1 aliphatic rings. The number of nitrogens with zero attached hydrogens (tertiary/aromatic N) is 1. The zero-order valence-corrected chi connectivity index (χ0v) is 20.4. The highest BCUT2D eigenvalue weighted by molar-refractivity contribution is 6.39. The topological polar surface area (TPSA) is 87.3 Å². The number of carbonyl (C=O) groups is 1. The van der Waals surface area contributed by atoms with E-state index in [0.717, 1.165) is 18.2 Å². The molecule has 7 nitrogen and oxygen atoms in total. The molecule has 1 atom stereocenters. The SMILES string of the molecule is O=C(NCc1ccccc1C(F)(F)F)c1cc2c(nc1OCC(F)F)NC(Nc1c(Cl)cc(F)cc1Cl)N2. The molecule has 2 aromatic carbocycles. The number of halogens is 8. The van der Waals surface area contributed by atoms with E-state index in [9.17, 15) is 31.1 Å². The first kappa shape index (κ1) is 27.5. The first-order valence-corrected chi connectivity index (χ1v) is 11.5. The zero-order valence-electron chi connectivity index (χ0n) is 18.9. The average molecular weight is 580 g/mol. The van der Waals surface area contributed by atoms with Crippen molar-refractivity contribution in [2.45, 2.75) is 25.4 Å². The Hall–Kier alpha value is -3.58. The van der Waals surface area contributed by atoms with Crippen LogP contribution in [0.5, 0.6) is 5.88 Å². The summed E-state index contributed by atoms with van der Waals surface area (Å²) in [4.78, 5) is 17.0. The molecule has 15 heteroatoms. The van der Waals surface area contributed by atoms with Crippen LogP contribution in [-0.2, 0) is 12.7 Å². The largest absolute Gasteiger partial charge is 0.471 e. The highest BCUT2D eigenvalue weighted by Crippen LogP contribution is 2.36. The number of nitrogens with one attached hydrogen (secondary N) is 4. The van der Waals surface area contributed by atoms with Gasteiger partial charge in [-0.1, -0.05) is 41.4 Å². The van der Waals surface area contributed by atoms with Gasteiger partial charge in [-0.2, -0.15) is 18.2 Å². The van der Waals surface area contributed by atoms with Crippen molar-refractivity contribution in [1.29, 1.82) is 0 Å². The summed E-state index contributed by atoms with van der Waals surface area (Å²) in [5.41, 5.74) is -1.04. The molecule has 0 aliphatic carbocycles. The summed E-state index contributed by atoms with van der Waals surface area (Å²) in [5, 5.41) is 10.9. The second-order valence-corrected chi connectivity index (χ2v) is 8.70. The second kappa shape index (κ2) is 11.0. The Morgan fingerprint density at radius 3 is 2.45 bits per heavy atom. The van der Waals surface area contributed by atoms with Gasteiger partial charge in [0.15, 0.2) is 18.7 Å². The number of aromatic nitrogens is 1. The fourth-order valence-electron chi connectivity index (χ4n) is 3.58. The van der Waals surface area contributed by atoms with Crippen LogP contribution in [0.1, 0.15) is 21.5 Å². The van der Waals surface area contributed by atoms with Crippen molar-refractivity contribution in [1.82, 2.24) is 10.3 Å². The maximum atomic E-state index is 13.5. The normalized spacial score (nSPS) is 14.5. The van der Waals surface area contributed by atoms with Gasteiger partial charge in [0.05, 0.1) is 27.0 Å². The van der Waals surface area contributed by atoms with Gasteiger partial charge in [0.2, 0.25) is 5.88 Å². The van der Waals surface area contributed by atoms with E-state index in [1.165, 1.54) is 24.3 Å². The Bertz CT molecular complexity index is 1340. The molecule has 0 fully saturated rings. The summed E-state index contributed by atoms with van der Waals surface area (Å²) in [7, 11) is 0. The lowest BCUT2D eigenvalue weighted by Gasteiger charge is -2.17. The average Bonchev–Trinajstić information content (AvgIpc) is 3.23. The maximum absolute atomic E-state index is 13.5. The summed E-state index contributed by atoms with van der Waals surface area (Å²) >= 11 is 12.1. The minimum absolute atomic E-state index is 0.0253. The van der Waals surface area contributed by atoms with Crippen molar-refractivity contribution in [3.63, 3.8) is 0 Å². The van der Waals surface area contributed by atoms with E-state index in [-0.39, 0.29) is 38.4 Å². The lowest BCUT2D eigenvalue weighted by Crippen LogP contribution is -2.31. The molecule has 0 saturated heterocycles. The van der Waals surface area contributed by atoms with Crippen LogP contribution in [0.15, 0.2) is 42.5 Å². The minimum Gasteiger partial charge on any atom is -0.471 e. The number of hydrogen-bond donors (Lipinski definition) is 4. The lowest BCUT2D eigenvalue weighted by molar-refractivity contribution is -0.138. The van der Waals surface area contributed by atoms with E-state index in [0.29, 0.717) is 0 Å². The van der Waals surface area contributed by atoms with E-state index in [2.05, 4.69) is 26.3 Å². The molecule has 1 aliphatic heterocycles. The number of carbonyl (C=O) groups excluding carboxylic acids is 1. The smallest absolute Gasteiger partial charge is 0.416 e. The van der Waals surface area contributed by atoms with Crippen LogP contribution in [0.25, 0.3) is 0 Å². The van der Waals surface area contributed by atoms with Crippen molar-refractivity contribution >= 4 is 46.3 Å². The number of ether oxygens (including phenoxy) is 1. The fraction of sp³-hybridized carbons (Fsp3) is 0.217. The molecule has 202 valence electrons. The van der Waals surface area contributed by atoms with Crippen LogP contribution < -0.4 is 26.0 Å². The molecule has 1 unspecified atom stereocenters. The molecular weight excluding hydrogens is 563 g/mol. The molecule has 3 aromatic rings. The molecule has 2 heterocycles. The van der Waals surface area contributed by atoms with E-state index < -0.39 is 55.2 Å². The van der Waals surface area contributed by atoms with Gasteiger partial charge < -0.3 is 26.0 Å². The number of pyridine rings is 1. The monoisotopic (exact) mass is 579 g/mol. The maximum Gasteiger partial charge on any atom is 0.416 e. The Kier molecular flexibility index (Phi) is 7.97. The van der Waals surface area contributed by atoms with Crippen LogP contribution in [0, 0.1) is 5.82 Å². The third-order valence-corrected chi connectivity index (χ3v) is 5.81. The van der Waals surface area contributed by atoms with Gasteiger partial charge in [0, 0.05) is 6.54 Å². The summed E-state index contributed by atoms with van der Waals surface area (Å²) in [6.07, 6.45) is -8.36. The molecule has 4 N–H and O–H groups in total. The van der Waals surface area contributed by atoms with E-state index in [1.54, 1.807) is 0 Å². The number of benzene rings is 2. The van der Waals surface area contributed by atoms with Crippen LogP contribution >= 0.6 is 23.2 Å². The third-order valence-electron chi connectivity index (χ3n) is 5.22. The molecule has 0 spiro atoms. The van der Waals surface area contributed by atoms with Gasteiger partial charge in [-0.05, 0) is 29.8 Å². The van der Waals surface area contributed by atoms with E-state index in [4.69, 9.17) is 27.9 Å². The first-order chi connectivity index (χ1) is 17.9. The Labute approximate surface area is 221 Å². The molecule has 1 amide bonds. The van der Waals surface area contributed by atoms with Crippen molar-refractivity contribution < 1.29 is 35.9 Å². The zero-order chi connectivity index (χ0) is 27.6. The standard InChI is InChI=1S/C23H17Cl2F6N5O2/c24-14-5-11(26)6-15(25)18(14)34-22-33-16-7-12(21(35-19(16)36-22)38-9-17(27)28)20(37)32-8-10-3-1-2-4-13(10)23(29,30)31/h1-7,17,22,33-34H,8-9H2,(H,32,37)(H,35,36). The molecule has 38 heavy (non-hydrogen) atoms. The number of rotatable bonds is 8. The van der Waals surface area contributed by atoms with Gasteiger partial charge in [-0.25, -0.2) is 13.2 Å². The van der Waals surface area contributed by atoms with Gasteiger partial charge in [0.25, 0.3) is 12.3 Å². The third kappa shape index (κ3) is 6.27. The Morgan fingerprint density at radius 2 is 1.79 bits per heavy atom. The predicted molar refractivity (Wildman–Crippen MR) is 129 cm³/mol. The Balaban J connectivity index is 1.56. The highest BCUT2D eigenvalue weighted by atomic mass is 35.5. The lowest BCUT2D eigenvalue weighted by atomic mass is 10.1. The minimum atomic E-state index is -4.64. The van der Waals surface area contributed by atoms with Crippen molar-refractivity contribution in [2.75, 3.05) is 22.6 Å². The van der Waals surface area contributed by atoms with Crippen LogP contribution in [0.4, 0.5) is 43.5 Å². The quantitative estimate of drug-likeness (QED) is 0.232. The van der Waals surface area contributed by atoms with Crippen molar-refractivity contribution in [3.05, 3.63) is 75.0 Å². The van der Waals surface area contributed by atoms with E-state index >= 15 is 0 Å². The fourth-order valence-corrected chi connectivity index (χ4v) is 4.15. The van der Waals surface area contributed by atoms with Crippen molar-refractivity contribution in [3.8, 4) is 5.88 Å². The van der Waals surface area contributed by atoms with Crippen LogP contribution in [0.3, 0.4) is 0 Å². The van der Waals surface area contributed by atoms with Gasteiger partial charge in [-0.3, -0.25) is 4.79 Å². The number of amides is 1. The summed E-state index contributed by atoms with van der Waals surface area (Å²) in [6, 6.07) is 7.97. The highest BCUT2D eigenvalue weighted by Gasteiger charge is 2.33. The number of anilines is 3. The molecular formula is C23H17Cl2F6N5O2. The number of alkyl halides is 5. The molecule has 0 saturated carbocycles. The summed E-state index contributed by atoms with van der Waals surface area (Å²) in [5.74, 6) is -1.94. The van der Waals surface area contributed by atoms with Crippen LogP contribution in [0.2, 0.25) is 10.0 Å².